The number of halogens is 1. The van der Waals surface area contributed by atoms with Gasteiger partial charge in [0.1, 0.15) is 12.2 Å². The summed E-state index contributed by atoms with van der Waals surface area (Å²) in [7, 11) is 0. The van der Waals surface area contributed by atoms with Crippen molar-refractivity contribution in [2.45, 2.75) is 6.92 Å². The molecule has 1 aromatic heterocycles. The Morgan fingerprint density at radius 3 is 2.84 bits per heavy atom. The van der Waals surface area contributed by atoms with Crippen molar-refractivity contribution in [2.75, 3.05) is 13.2 Å². The van der Waals surface area contributed by atoms with E-state index in [0.717, 1.165) is 3.57 Å². The van der Waals surface area contributed by atoms with E-state index in [2.05, 4.69) is 39.7 Å². The number of furan rings is 1. The van der Waals surface area contributed by atoms with Crippen molar-refractivity contribution >= 4 is 51.4 Å². The van der Waals surface area contributed by atoms with Crippen LogP contribution in [0.15, 0.2) is 58.6 Å². The minimum atomic E-state index is -0.583. The van der Waals surface area contributed by atoms with Gasteiger partial charge in [-0.3, -0.25) is 14.9 Å². The van der Waals surface area contributed by atoms with Crippen molar-refractivity contribution in [1.82, 2.24) is 5.43 Å². The van der Waals surface area contributed by atoms with Crippen LogP contribution in [0.4, 0.5) is 5.69 Å². The summed E-state index contributed by atoms with van der Waals surface area (Å²) < 4.78 is 17.5. The van der Waals surface area contributed by atoms with Crippen molar-refractivity contribution in [3.8, 4) is 11.5 Å². The molecule has 2 aromatic carbocycles. The molecule has 9 nitrogen and oxygen atoms in total. The number of rotatable bonds is 9. The number of non-ortho nitro benzene ring substituents is 1. The van der Waals surface area contributed by atoms with Crippen LogP contribution in [0.3, 0.4) is 0 Å². The molecule has 0 aliphatic heterocycles. The summed E-state index contributed by atoms with van der Waals surface area (Å²) in [5.74, 6) is 0.578. The van der Waals surface area contributed by atoms with Gasteiger partial charge in [0.25, 0.3) is 5.69 Å². The van der Waals surface area contributed by atoms with Crippen LogP contribution in [0.5, 0.6) is 11.5 Å². The summed E-state index contributed by atoms with van der Waals surface area (Å²) in [5.41, 5.74) is 3.36. The molecule has 0 saturated carbocycles. The molecule has 0 unspecified atom stereocenters. The number of amides is 1. The lowest BCUT2D eigenvalue weighted by Gasteiger charge is -2.13. The minimum Gasteiger partial charge on any atom is -0.490 e. The fourth-order valence-corrected chi connectivity index (χ4v) is 3.47. The highest BCUT2D eigenvalue weighted by Crippen LogP contribution is 2.34. The van der Waals surface area contributed by atoms with Crippen LogP contribution in [0.1, 0.15) is 23.0 Å². The Hall–Kier alpha value is -3.41. The zero-order chi connectivity index (χ0) is 22.4. The van der Waals surface area contributed by atoms with Gasteiger partial charge >= 0.3 is 5.91 Å². The second-order valence-corrected chi connectivity index (χ2v) is 7.31. The lowest BCUT2D eigenvalue weighted by Crippen LogP contribution is -2.16. The number of nitro groups is 1. The lowest BCUT2D eigenvalue weighted by atomic mass is 10.2. The van der Waals surface area contributed by atoms with E-state index in [-0.39, 0.29) is 11.4 Å². The molecule has 0 spiro atoms. The predicted molar refractivity (Wildman–Crippen MR) is 124 cm³/mol. The summed E-state index contributed by atoms with van der Waals surface area (Å²) in [6.07, 6.45) is 3.11. The smallest absolute Gasteiger partial charge is 0.307 e. The van der Waals surface area contributed by atoms with Crippen LogP contribution in [0.25, 0.3) is 11.0 Å². The monoisotopic (exact) mass is 535 g/mol. The van der Waals surface area contributed by atoms with E-state index >= 15 is 0 Å². The molecule has 1 N–H and O–H groups in total. The van der Waals surface area contributed by atoms with Crippen molar-refractivity contribution in [1.29, 1.82) is 0 Å². The SMILES string of the molecule is C=CCOc1c(I)cc(/C=N\NC(=O)c2cc3cc([N+](=O)[O-])ccc3o2)cc1OCC. The van der Waals surface area contributed by atoms with E-state index in [1.165, 1.54) is 30.5 Å². The average molecular weight is 535 g/mol. The maximum atomic E-state index is 12.3. The van der Waals surface area contributed by atoms with Crippen LogP contribution < -0.4 is 14.9 Å². The maximum Gasteiger partial charge on any atom is 0.307 e. The Morgan fingerprint density at radius 1 is 1.32 bits per heavy atom. The van der Waals surface area contributed by atoms with E-state index in [9.17, 15) is 14.9 Å². The normalized spacial score (nSPS) is 10.9. The van der Waals surface area contributed by atoms with Gasteiger partial charge in [-0.2, -0.15) is 5.10 Å². The number of nitrogens with one attached hydrogen (secondary N) is 1. The quantitative estimate of drug-likeness (QED) is 0.140. The number of benzene rings is 2. The predicted octanol–water partition coefficient (Wildman–Crippen LogP) is 4.67. The Morgan fingerprint density at radius 2 is 2.13 bits per heavy atom. The summed E-state index contributed by atoms with van der Waals surface area (Å²) >= 11 is 2.13. The molecule has 0 atom stereocenters. The molecule has 0 saturated heterocycles. The third-order valence-electron chi connectivity index (χ3n) is 3.99. The molecule has 0 aliphatic carbocycles. The van der Waals surface area contributed by atoms with Gasteiger partial charge in [0.2, 0.25) is 0 Å². The number of carbonyl (C=O) groups is 1. The minimum absolute atomic E-state index is 0.00888. The molecule has 31 heavy (non-hydrogen) atoms. The molecule has 0 radical (unpaired) electrons. The fourth-order valence-electron chi connectivity index (χ4n) is 2.68. The molecule has 1 heterocycles. The molecule has 1 amide bonds. The first kappa shape index (κ1) is 22.3. The number of carbonyl (C=O) groups excluding carboxylic acids is 1. The molecule has 10 heteroatoms. The lowest BCUT2D eigenvalue weighted by molar-refractivity contribution is -0.384. The third kappa shape index (κ3) is 5.40. The maximum absolute atomic E-state index is 12.3. The zero-order valence-electron chi connectivity index (χ0n) is 16.5. The first-order valence-corrected chi connectivity index (χ1v) is 10.2. The number of hydrogen-bond donors (Lipinski definition) is 1. The Bertz CT molecular complexity index is 1170. The van der Waals surface area contributed by atoms with E-state index in [1.807, 2.05) is 13.0 Å². The van der Waals surface area contributed by atoms with Gasteiger partial charge in [0.15, 0.2) is 17.3 Å². The number of ether oxygens (including phenoxy) is 2. The van der Waals surface area contributed by atoms with Crippen LogP contribution >= 0.6 is 22.6 Å². The van der Waals surface area contributed by atoms with Crippen LogP contribution in [-0.4, -0.2) is 30.3 Å². The van der Waals surface area contributed by atoms with E-state index in [0.29, 0.717) is 41.2 Å². The largest absolute Gasteiger partial charge is 0.490 e. The number of fused-ring (bicyclic) bond motifs is 1. The Kier molecular flexibility index (Phi) is 7.23. The fraction of sp³-hybridized carbons (Fsp3) is 0.143. The van der Waals surface area contributed by atoms with Crippen molar-refractivity contribution in [2.24, 2.45) is 5.10 Å². The zero-order valence-corrected chi connectivity index (χ0v) is 18.6. The third-order valence-corrected chi connectivity index (χ3v) is 4.79. The van der Waals surface area contributed by atoms with Crippen molar-refractivity contribution in [3.05, 3.63) is 74.1 Å². The standard InChI is InChI=1S/C21H18IN3O6/c1-3-7-30-20-16(22)8-13(9-18(20)29-4-2)12-23-24-21(26)19-11-14-10-15(25(27)28)5-6-17(14)31-19/h3,5-6,8-12H,1,4,7H2,2H3,(H,24,26)/b23-12-. The van der Waals surface area contributed by atoms with Crippen molar-refractivity contribution in [3.63, 3.8) is 0 Å². The van der Waals surface area contributed by atoms with E-state index in [4.69, 9.17) is 13.9 Å². The van der Waals surface area contributed by atoms with Gasteiger partial charge in [0, 0.05) is 17.5 Å². The molecule has 160 valence electrons. The molecule has 0 fully saturated rings. The molecular weight excluding hydrogens is 517 g/mol. The van der Waals surface area contributed by atoms with Crippen molar-refractivity contribution < 1.29 is 23.6 Å². The number of hydrogen-bond acceptors (Lipinski definition) is 7. The topological polar surface area (TPSA) is 116 Å². The van der Waals surface area contributed by atoms with Gasteiger partial charge in [-0.15, -0.1) is 0 Å². The highest BCUT2D eigenvalue weighted by molar-refractivity contribution is 14.1. The molecule has 0 bridgehead atoms. The Labute approximate surface area is 191 Å². The number of nitrogens with zero attached hydrogens (tertiary/aromatic N) is 2. The molecular formula is C21H18IN3O6. The number of nitro benzene ring substituents is 1. The van der Waals surface area contributed by atoms with Gasteiger partial charge in [-0.25, -0.2) is 5.43 Å². The molecule has 3 rings (SSSR count). The van der Waals surface area contributed by atoms with Crippen LogP contribution in [-0.2, 0) is 0 Å². The first-order chi connectivity index (χ1) is 14.9. The second-order valence-electron chi connectivity index (χ2n) is 6.15. The highest BCUT2D eigenvalue weighted by Gasteiger charge is 2.15. The first-order valence-electron chi connectivity index (χ1n) is 9.14. The summed E-state index contributed by atoms with van der Waals surface area (Å²) in [6, 6.07) is 9.10. The van der Waals surface area contributed by atoms with Gasteiger partial charge in [-0.1, -0.05) is 12.7 Å². The van der Waals surface area contributed by atoms with Gasteiger partial charge < -0.3 is 13.9 Å². The summed E-state index contributed by atoms with van der Waals surface area (Å²) in [4.78, 5) is 22.7. The van der Waals surface area contributed by atoms with E-state index < -0.39 is 10.8 Å². The van der Waals surface area contributed by atoms with Crippen LogP contribution in [0, 0.1) is 13.7 Å². The van der Waals surface area contributed by atoms with Crippen LogP contribution in [0.2, 0.25) is 0 Å². The average Bonchev–Trinajstić information content (AvgIpc) is 3.17. The Balaban J connectivity index is 1.75. The number of hydrazone groups is 1. The van der Waals surface area contributed by atoms with E-state index in [1.54, 1.807) is 12.1 Å². The second kappa shape index (κ2) is 10.1. The summed E-state index contributed by atoms with van der Waals surface area (Å²) in [6.45, 7) is 6.32. The molecule has 3 aromatic rings. The highest BCUT2D eigenvalue weighted by atomic mass is 127. The van der Waals surface area contributed by atoms with Gasteiger partial charge in [0.05, 0.1) is 21.3 Å². The summed E-state index contributed by atoms with van der Waals surface area (Å²) in [5, 5.41) is 15.3. The van der Waals surface area contributed by atoms with Gasteiger partial charge in [-0.05, 0) is 59.3 Å². The molecule has 0 aliphatic rings.